The first-order valence-corrected chi connectivity index (χ1v) is 12.6. The van der Waals surface area contributed by atoms with E-state index < -0.39 is 41.3 Å². The van der Waals surface area contributed by atoms with Crippen molar-refractivity contribution in [2.45, 2.75) is 89.9 Å². The second-order valence-corrected chi connectivity index (χ2v) is 10.1. The molecule has 11 nitrogen and oxygen atoms in total. The Labute approximate surface area is 217 Å². The standard InChI is InChI=1S/C26H39N5O6/c1-17(2)31-16-22(33)27-19(13-9-6-10-14-21(32)30-37)23(34)29-26(3,4)25(36)28-20(24(31)35)15-18-11-7-5-8-12-18/h5,7-8,11-12,17,19-20,37H,6,9-10,13-16H2,1-4H3,(H,27,33)(H,28,36)(H,29,34)(H,30,32)/t19-,20-/m0/s1. The molecule has 1 aromatic rings. The number of hydrogen-bond acceptors (Lipinski definition) is 6. The third-order valence-corrected chi connectivity index (χ3v) is 6.28. The van der Waals surface area contributed by atoms with Crippen molar-refractivity contribution in [3.8, 4) is 0 Å². The van der Waals surface area contributed by atoms with Crippen LogP contribution in [-0.4, -0.2) is 69.9 Å². The third kappa shape index (κ3) is 9.16. The summed E-state index contributed by atoms with van der Waals surface area (Å²) < 4.78 is 0. The molecule has 2 rings (SSSR count). The molecule has 11 heteroatoms. The van der Waals surface area contributed by atoms with Crippen molar-refractivity contribution < 1.29 is 29.2 Å². The molecule has 0 radical (unpaired) electrons. The molecular weight excluding hydrogens is 478 g/mol. The van der Waals surface area contributed by atoms with Crippen molar-refractivity contribution in [2.24, 2.45) is 0 Å². The van der Waals surface area contributed by atoms with Crippen LogP contribution in [0.15, 0.2) is 30.3 Å². The lowest BCUT2D eigenvalue weighted by Crippen LogP contribution is -2.64. The van der Waals surface area contributed by atoms with Crippen LogP contribution in [0.5, 0.6) is 0 Å². The van der Waals surface area contributed by atoms with E-state index in [1.165, 1.54) is 4.90 Å². The van der Waals surface area contributed by atoms with Gasteiger partial charge in [-0.05, 0) is 46.1 Å². The molecule has 0 spiro atoms. The maximum atomic E-state index is 13.6. The van der Waals surface area contributed by atoms with Gasteiger partial charge in [-0.15, -0.1) is 0 Å². The summed E-state index contributed by atoms with van der Waals surface area (Å²) in [4.78, 5) is 65.5. The Morgan fingerprint density at radius 1 is 1.05 bits per heavy atom. The Morgan fingerprint density at radius 2 is 1.73 bits per heavy atom. The number of carbonyl (C=O) groups excluding carboxylic acids is 5. The molecule has 1 aromatic carbocycles. The number of nitrogens with zero attached hydrogens (tertiary/aromatic N) is 1. The number of amides is 5. The zero-order valence-corrected chi connectivity index (χ0v) is 22.0. The highest BCUT2D eigenvalue weighted by atomic mass is 16.5. The third-order valence-electron chi connectivity index (χ3n) is 6.28. The van der Waals surface area contributed by atoms with Crippen LogP contribution in [0, 0.1) is 0 Å². The van der Waals surface area contributed by atoms with Gasteiger partial charge in [0.1, 0.15) is 17.6 Å². The Morgan fingerprint density at radius 3 is 2.35 bits per heavy atom. The first-order valence-electron chi connectivity index (χ1n) is 12.6. The first kappa shape index (κ1) is 29.8. The molecular formula is C26H39N5O6. The molecule has 2 atom stereocenters. The maximum absolute atomic E-state index is 13.6. The highest BCUT2D eigenvalue weighted by molar-refractivity contribution is 5.98. The number of carbonyl (C=O) groups is 5. The fourth-order valence-electron chi connectivity index (χ4n) is 4.09. The van der Waals surface area contributed by atoms with E-state index in [0.29, 0.717) is 19.3 Å². The molecule has 1 fully saturated rings. The molecule has 1 aliphatic heterocycles. The van der Waals surface area contributed by atoms with E-state index in [1.54, 1.807) is 33.2 Å². The van der Waals surface area contributed by atoms with E-state index in [-0.39, 0.29) is 37.8 Å². The van der Waals surface area contributed by atoms with Crippen LogP contribution in [0.25, 0.3) is 0 Å². The van der Waals surface area contributed by atoms with Gasteiger partial charge >= 0.3 is 0 Å². The van der Waals surface area contributed by atoms with Crippen LogP contribution in [0.4, 0.5) is 0 Å². The largest absolute Gasteiger partial charge is 0.343 e. The predicted octanol–water partition coefficient (Wildman–Crippen LogP) is 0.800. The molecule has 37 heavy (non-hydrogen) atoms. The van der Waals surface area contributed by atoms with Crippen LogP contribution < -0.4 is 21.4 Å². The molecule has 1 saturated heterocycles. The Hall–Kier alpha value is -3.47. The van der Waals surface area contributed by atoms with E-state index in [9.17, 15) is 24.0 Å². The number of rotatable bonds is 9. The van der Waals surface area contributed by atoms with Gasteiger partial charge in [0.25, 0.3) is 0 Å². The molecule has 0 bridgehead atoms. The van der Waals surface area contributed by atoms with Crippen molar-refractivity contribution in [1.29, 1.82) is 0 Å². The number of unbranched alkanes of at least 4 members (excludes halogenated alkanes) is 2. The summed E-state index contributed by atoms with van der Waals surface area (Å²) in [6.45, 7) is 6.40. The summed E-state index contributed by atoms with van der Waals surface area (Å²) >= 11 is 0. The maximum Gasteiger partial charge on any atom is 0.246 e. The van der Waals surface area contributed by atoms with E-state index >= 15 is 0 Å². The van der Waals surface area contributed by atoms with Gasteiger partial charge in [0, 0.05) is 18.9 Å². The lowest BCUT2D eigenvalue weighted by molar-refractivity contribution is -0.144. The second-order valence-electron chi connectivity index (χ2n) is 10.1. The molecule has 5 amide bonds. The van der Waals surface area contributed by atoms with Gasteiger partial charge in [-0.3, -0.25) is 29.2 Å². The SMILES string of the molecule is CC(C)N1CC(=O)N[C@@H](CCCCCC(=O)NO)C(=O)NC(C)(C)C(=O)N[C@@H](Cc2ccccc2)C1=O. The minimum Gasteiger partial charge on any atom is -0.343 e. The van der Waals surface area contributed by atoms with Gasteiger partial charge in [-0.2, -0.15) is 0 Å². The van der Waals surface area contributed by atoms with Crippen LogP contribution in [-0.2, 0) is 30.4 Å². The summed E-state index contributed by atoms with van der Waals surface area (Å²) in [6.07, 6.45) is 2.27. The van der Waals surface area contributed by atoms with E-state index in [2.05, 4.69) is 16.0 Å². The number of hydrogen-bond donors (Lipinski definition) is 5. The number of nitrogens with one attached hydrogen (secondary N) is 4. The van der Waals surface area contributed by atoms with E-state index in [0.717, 1.165) is 5.56 Å². The van der Waals surface area contributed by atoms with Crippen molar-refractivity contribution in [1.82, 2.24) is 26.3 Å². The molecule has 1 aliphatic rings. The zero-order chi connectivity index (χ0) is 27.6. The average molecular weight is 518 g/mol. The van der Waals surface area contributed by atoms with Gasteiger partial charge < -0.3 is 20.9 Å². The molecule has 1 heterocycles. The molecule has 0 aliphatic carbocycles. The quantitative estimate of drug-likeness (QED) is 0.185. The molecule has 204 valence electrons. The lowest BCUT2D eigenvalue weighted by Gasteiger charge is -2.35. The van der Waals surface area contributed by atoms with Crippen molar-refractivity contribution >= 4 is 29.5 Å². The highest BCUT2D eigenvalue weighted by Gasteiger charge is 2.38. The van der Waals surface area contributed by atoms with E-state index in [4.69, 9.17) is 5.21 Å². The smallest absolute Gasteiger partial charge is 0.246 e. The summed E-state index contributed by atoms with van der Waals surface area (Å²) in [6, 6.07) is 7.09. The summed E-state index contributed by atoms with van der Waals surface area (Å²) in [7, 11) is 0. The van der Waals surface area contributed by atoms with Gasteiger partial charge in [-0.1, -0.05) is 43.2 Å². The molecule has 0 unspecified atom stereocenters. The Balaban J connectivity index is 2.25. The zero-order valence-electron chi connectivity index (χ0n) is 22.0. The van der Waals surface area contributed by atoms with Gasteiger partial charge in [0.15, 0.2) is 0 Å². The van der Waals surface area contributed by atoms with Crippen LogP contribution >= 0.6 is 0 Å². The van der Waals surface area contributed by atoms with Gasteiger partial charge in [0.05, 0.1) is 6.54 Å². The number of benzene rings is 1. The number of hydroxylamine groups is 1. The summed E-state index contributed by atoms with van der Waals surface area (Å²) in [5.41, 5.74) is 1.07. The predicted molar refractivity (Wildman–Crippen MR) is 136 cm³/mol. The second kappa shape index (κ2) is 13.7. The van der Waals surface area contributed by atoms with Gasteiger partial charge in [0.2, 0.25) is 29.5 Å². The first-order chi connectivity index (χ1) is 17.4. The normalized spacial score (nSPS) is 20.9. The van der Waals surface area contributed by atoms with Crippen LogP contribution in [0.3, 0.4) is 0 Å². The van der Waals surface area contributed by atoms with Crippen molar-refractivity contribution in [3.05, 3.63) is 35.9 Å². The Bertz CT molecular complexity index is 965. The summed E-state index contributed by atoms with van der Waals surface area (Å²) in [5.74, 6) is -2.38. The van der Waals surface area contributed by atoms with E-state index in [1.807, 2.05) is 30.3 Å². The molecule has 5 N–H and O–H groups in total. The fraction of sp³-hybridized carbons (Fsp3) is 0.577. The van der Waals surface area contributed by atoms with Crippen molar-refractivity contribution in [2.75, 3.05) is 6.54 Å². The lowest BCUT2D eigenvalue weighted by atomic mass is 9.98. The summed E-state index contributed by atoms with van der Waals surface area (Å²) in [5, 5.41) is 16.8. The van der Waals surface area contributed by atoms with Crippen molar-refractivity contribution in [3.63, 3.8) is 0 Å². The topological polar surface area (TPSA) is 157 Å². The Kier molecular flexibility index (Phi) is 11.0. The fourth-order valence-corrected chi connectivity index (χ4v) is 4.09. The van der Waals surface area contributed by atoms with Crippen LogP contribution in [0.1, 0.15) is 65.4 Å². The molecule has 0 aromatic heterocycles. The molecule has 0 saturated carbocycles. The minimum atomic E-state index is -1.35. The van der Waals surface area contributed by atoms with Gasteiger partial charge in [-0.25, -0.2) is 5.48 Å². The van der Waals surface area contributed by atoms with Crippen LogP contribution in [0.2, 0.25) is 0 Å². The monoisotopic (exact) mass is 517 g/mol. The minimum absolute atomic E-state index is 0.141. The average Bonchev–Trinajstić information content (AvgIpc) is 2.84. The highest BCUT2D eigenvalue weighted by Crippen LogP contribution is 2.14.